The number of carboxylic acids is 1. The van der Waals surface area contributed by atoms with Crippen molar-refractivity contribution in [3.63, 3.8) is 0 Å². The number of carboxylic acid groups (broad SMARTS) is 1. The molecule has 2 aromatic rings. The highest BCUT2D eigenvalue weighted by atomic mass is 32.2. The van der Waals surface area contributed by atoms with Crippen molar-refractivity contribution < 1.29 is 18.3 Å². The molecule has 0 saturated heterocycles. The third-order valence-electron chi connectivity index (χ3n) is 4.44. The van der Waals surface area contributed by atoms with Crippen LogP contribution in [-0.2, 0) is 21.1 Å². The zero-order valence-corrected chi connectivity index (χ0v) is 13.5. The van der Waals surface area contributed by atoms with Crippen LogP contribution in [0.3, 0.4) is 0 Å². The molecule has 120 valence electrons. The SMILES string of the molecule is CCc1ccc([C@@H]2[C@@H](C(=O)O)[C@H]2S(=O)(=O)c2ccccc2)cc1. The van der Waals surface area contributed by atoms with Gasteiger partial charge in [0.2, 0.25) is 0 Å². The summed E-state index contributed by atoms with van der Waals surface area (Å²) >= 11 is 0. The zero-order chi connectivity index (χ0) is 16.6. The van der Waals surface area contributed by atoms with Crippen molar-refractivity contribution in [2.45, 2.75) is 29.4 Å². The molecule has 1 aliphatic carbocycles. The fourth-order valence-electron chi connectivity index (χ4n) is 3.10. The number of benzene rings is 2. The first-order valence-corrected chi connectivity index (χ1v) is 9.12. The lowest BCUT2D eigenvalue weighted by atomic mass is 10.1. The maximum atomic E-state index is 12.8. The molecular weight excluding hydrogens is 312 g/mol. The van der Waals surface area contributed by atoms with Crippen LogP contribution < -0.4 is 0 Å². The van der Waals surface area contributed by atoms with Crippen LogP contribution >= 0.6 is 0 Å². The average molecular weight is 330 g/mol. The summed E-state index contributed by atoms with van der Waals surface area (Å²) in [5.74, 6) is -2.42. The molecule has 0 spiro atoms. The molecule has 0 unspecified atom stereocenters. The summed E-state index contributed by atoms with van der Waals surface area (Å²) in [6.45, 7) is 2.04. The lowest BCUT2D eigenvalue weighted by Crippen LogP contribution is -2.13. The number of sulfone groups is 1. The van der Waals surface area contributed by atoms with E-state index in [4.69, 9.17) is 0 Å². The predicted molar refractivity (Wildman–Crippen MR) is 87.1 cm³/mol. The normalized spacial score (nSPS) is 23.4. The largest absolute Gasteiger partial charge is 0.481 e. The van der Waals surface area contributed by atoms with Crippen LogP contribution in [0.4, 0.5) is 0 Å². The quantitative estimate of drug-likeness (QED) is 0.915. The summed E-state index contributed by atoms with van der Waals surface area (Å²) < 4.78 is 25.5. The van der Waals surface area contributed by atoms with Crippen molar-refractivity contribution >= 4 is 15.8 Å². The van der Waals surface area contributed by atoms with E-state index in [0.29, 0.717) is 0 Å². The molecule has 5 heteroatoms. The van der Waals surface area contributed by atoms with Crippen molar-refractivity contribution in [2.75, 3.05) is 0 Å². The Morgan fingerprint density at radius 1 is 1.04 bits per heavy atom. The molecule has 1 saturated carbocycles. The van der Waals surface area contributed by atoms with E-state index in [-0.39, 0.29) is 4.90 Å². The number of hydrogen-bond donors (Lipinski definition) is 1. The average Bonchev–Trinajstić information content (AvgIpc) is 3.32. The third-order valence-corrected chi connectivity index (χ3v) is 6.67. The monoisotopic (exact) mass is 330 g/mol. The fourth-order valence-corrected chi connectivity index (χ4v) is 5.25. The Morgan fingerprint density at radius 2 is 1.65 bits per heavy atom. The summed E-state index contributed by atoms with van der Waals surface area (Å²) in [6.07, 6.45) is 0.888. The van der Waals surface area contributed by atoms with Gasteiger partial charge in [0.1, 0.15) is 0 Å². The van der Waals surface area contributed by atoms with Gasteiger partial charge in [0.15, 0.2) is 9.84 Å². The Bertz CT molecular complexity index is 810. The summed E-state index contributed by atoms with van der Waals surface area (Å²) in [4.78, 5) is 11.7. The van der Waals surface area contributed by atoms with Crippen LogP contribution in [0, 0.1) is 5.92 Å². The van der Waals surface area contributed by atoms with Gasteiger partial charge in [-0.05, 0) is 29.7 Å². The second-order valence-electron chi connectivity index (χ2n) is 5.81. The molecule has 2 aromatic carbocycles. The summed E-state index contributed by atoms with van der Waals surface area (Å²) in [7, 11) is -3.65. The molecule has 4 nitrogen and oxygen atoms in total. The molecule has 0 radical (unpaired) electrons. The molecule has 1 aliphatic rings. The Morgan fingerprint density at radius 3 is 2.17 bits per heavy atom. The minimum absolute atomic E-state index is 0.184. The van der Waals surface area contributed by atoms with E-state index < -0.39 is 32.9 Å². The number of aryl methyl sites for hydroxylation is 1. The number of hydrogen-bond acceptors (Lipinski definition) is 3. The first-order chi connectivity index (χ1) is 11.0. The van der Waals surface area contributed by atoms with Gasteiger partial charge in [-0.25, -0.2) is 8.42 Å². The molecule has 3 atom stereocenters. The van der Waals surface area contributed by atoms with Gasteiger partial charge in [-0.1, -0.05) is 49.4 Å². The van der Waals surface area contributed by atoms with E-state index in [9.17, 15) is 18.3 Å². The highest BCUT2D eigenvalue weighted by Crippen LogP contribution is 2.54. The van der Waals surface area contributed by atoms with Crippen molar-refractivity contribution in [2.24, 2.45) is 5.92 Å². The molecule has 0 aromatic heterocycles. The van der Waals surface area contributed by atoms with Gasteiger partial charge in [0.05, 0.1) is 16.1 Å². The van der Waals surface area contributed by atoms with E-state index in [1.807, 2.05) is 31.2 Å². The highest BCUT2D eigenvalue weighted by Gasteiger charge is 2.63. The van der Waals surface area contributed by atoms with Crippen molar-refractivity contribution in [3.8, 4) is 0 Å². The smallest absolute Gasteiger partial charge is 0.308 e. The number of rotatable bonds is 5. The Labute approximate surface area is 135 Å². The zero-order valence-electron chi connectivity index (χ0n) is 12.7. The Hall–Kier alpha value is -2.14. The van der Waals surface area contributed by atoms with Crippen LogP contribution in [0.5, 0.6) is 0 Å². The molecule has 1 fully saturated rings. The lowest BCUT2D eigenvalue weighted by Gasteiger charge is -2.04. The lowest BCUT2D eigenvalue weighted by molar-refractivity contribution is -0.138. The van der Waals surface area contributed by atoms with Gasteiger partial charge >= 0.3 is 5.97 Å². The van der Waals surface area contributed by atoms with Gasteiger partial charge in [0.25, 0.3) is 0 Å². The molecule has 0 bridgehead atoms. The van der Waals surface area contributed by atoms with E-state index in [1.54, 1.807) is 18.2 Å². The van der Waals surface area contributed by atoms with Crippen LogP contribution in [0.2, 0.25) is 0 Å². The second kappa shape index (κ2) is 5.81. The van der Waals surface area contributed by atoms with Gasteiger partial charge in [-0.2, -0.15) is 0 Å². The number of aliphatic carboxylic acids is 1. The minimum atomic E-state index is -3.65. The summed E-state index contributed by atoms with van der Waals surface area (Å²) in [5.41, 5.74) is 1.92. The van der Waals surface area contributed by atoms with E-state index >= 15 is 0 Å². The second-order valence-corrected chi connectivity index (χ2v) is 7.91. The maximum absolute atomic E-state index is 12.8. The van der Waals surface area contributed by atoms with Crippen LogP contribution in [-0.4, -0.2) is 24.7 Å². The van der Waals surface area contributed by atoms with Crippen LogP contribution in [0.1, 0.15) is 24.0 Å². The van der Waals surface area contributed by atoms with E-state index in [1.165, 1.54) is 12.1 Å². The van der Waals surface area contributed by atoms with Crippen molar-refractivity contribution in [1.29, 1.82) is 0 Å². The summed E-state index contributed by atoms with van der Waals surface area (Å²) in [5, 5.41) is 8.51. The van der Waals surface area contributed by atoms with Crippen LogP contribution in [0.25, 0.3) is 0 Å². The third kappa shape index (κ3) is 2.77. The van der Waals surface area contributed by atoms with Crippen LogP contribution in [0.15, 0.2) is 59.5 Å². The molecule has 1 N–H and O–H groups in total. The predicted octanol–water partition coefficient (Wildman–Crippen LogP) is 2.89. The summed E-state index contributed by atoms with van der Waals surface area (Å²) in [6, 6.07) is 15.6. The Balaban J connectivity index is 1.96. The molecular formula is C18H18O4S. The van der Waals surface area contributed by atoms with Gasteiger partial charge in [0, 0.05) is 5.92 Å². The molecule has 0 amide bonds. The number of carbonyl (C=O) groups is 1. The topological polar surface area (TPSA) is 71.4 Å². The van der Waals surface area contributed by atoms with Crippen molar-refractivity contribution in [3.05, 3.63) is 65.7 Å². The van der Waals surface area contributed by atoms with E-state index in [2.05, 4.69) is 0 Å². The minimum Gasteiger partial charge on any atom is -0.481 e. The van der Waals surface area contributed by atoms with E-state index in [0.717, 1.165) is 17.5 Å². The Kier molecular flexibility index (Phi) is 3.98. The van der Waals surface area contributed by atoms with Crippen molar-refractivity contribution in [1.82, 2.24) is 0 Å². The highest BCUT2D eigenvalue weighted by molar-refractivity contribution is 7.92. The maximum Gasteiger partial charge on any atom is 0.308 e. The molecule has 23 heavy (non-hydrogen) atoms. The molecule has 0 aliphatic heterocycles. The molecule has 3 rings (SSSR count). The first-order valence-electron chi connectivity index (χ1n) is 7.57. The van der Waals surface area contributed by atoms with Gasteiger partial charge < -0.3 is 5.11 Å². The molecule has 0 heterocycles. The van der Waals surface area contributed by atoms with Gasteiger partial charge in [-0.15, -0.1) is 0 Å². The first kappa shape index (κ1) is 15.7. The standard InChI is InChI=1S/C18H18O4S/c1-2-12-8-10-13(11-9-12)15-16(18(19)20)17(15)23(21,22)14-6-4-3-5-7-14/h3-11,15-17H,2H2,1H3,(H,19,20)/t15-,16-,17+/m1/s1. The van der Waals surface area contributed by atoms with Gasteiger partial charge in [-0.3, -0.25) is 4.79 Å². The fraction of sp³-hybridized carbons (Fsp3) is 0.278.